The Labute approximate surface area is 134 Å². The van der Waals surface area contributed by atoms with Gasteiger partial charge in [-0.2, -0.15) is 0 Å². The van der Waals surface area contributed by atoms with Gasteiger partial charge in [0, 0.05) is 37.4 Å². The van der Waals surface area contributed by atoms with Crippen molar-refractivity contribution in [2.24, 2.45) is 0 Å². The highest BCUT2D eigenvalue weighted by atomic mass is 32.5. The molecule has 0 amide bonds. The minimum Gasteiger partial charge on any atom is -0.346 e. The molecule has 1 aromatic heterocycles. The van der Waals surface area contributed by atoms with Crippen LogP contribution in [0.2, 0.25) is 0 Å². The number of nitrogens with zero attached hydrogens (tertiary/aromatic N) is 2. The first-order chi connectivity index (χ1) is 12.0. The van der Waals surface area contributed by atoms with Crippen molar-refractivity contribution in [3.8, 4) is 0 Å². The van der Waals surface area contributed by atoms with E-state index in [2.05, 4.69) is 0 Å². The molecule has 0 unspecified atom stereocenters. The summed E-state index contributed by atoms with van der Waals surface area (Å²) in [4.78, 5) is -1.67. The van der Waals surface area contributed by atoms with Crippen LogP contribution in [0.3, 0.4) is 0 Å². The van der Waals surface area contributed by atoms with Crippen LogP contribution in [0.5, 0.6) is 0 Å². The van der Waals surface area contributed by atoms with Crippen LogP contribution in [0.4, 0.5) is 19.4 Å². The Morgan fingerprint density at radius 2 is 1.77 bits per heavy atom. The summed E-state index contributed by atoms with van der Waals surface area (Å²) in [5.74, 6) is 0. The second-order valence-corrected chi connectivity index (χ2v) is 8.19. The van der Waals surface area contributed by atoms with Crippen LogP contribution < -0.4 is 0 Å². The Morgan fingerprint density at radius 1 is 1.14 bits per heavy atom. The van der Waals surface area contributed by atoms with Crippen molar-refractivity contribution >= 4 is 21.1 Å². The second-order valence-electron chi connectivity index (χ2n) is 5.78. The summed E-state index contributed by atoms with van der Waals surface area (Å²) in [6, 6.07) is 2.62. The molecule has 0 atom stereocenters. The average molecular weight is 348 g/mol. The summed E-state index contributed by atoms with van der Waals surface area (Å²) in [7, 11) is -9.84. The maximum absolute atomic E-state index is 13.0. The summed E-state index contributed by atoms with van der Waals surface area (Å²) in [5.41, 5.74) is -1.34. The summed E-state index contributed by atoms with van der Waals surface area (Å²) in [6.07, 6.45) is 1.29. The molecule has 8 heteroatoms. The van der Waals surface area contributed by atoms with Gasteiger partial charge >= 0.3 is 10.2 Å². The van der Waals surface area contributed by atoms with Gasteiger partial charge in [0.05, 0.1) is 0 Å². The van der Waals surface area contributed by atoms with Crippen molar-refractivity contribution in [3.63, 3.8) is 0 Å². The van der Waals surface area contributed by atoms with E-state index in [9.17, 15) is 19.4 Å². The van der Waals surface area contributed by atoms with E-state index in [0.717, 1.165) is 6.07 Å². The van der Waals surface area contributed by atoms with Gasteiger partial charge in [-0.1, -0.05) is 19.4 Å². The molecule has 0 fully saturated rings. The molecule has 2 aromatic rings. The number of likely N-dealkylation sites (N-methyl/N-ethyl adjacent to an activating group) is 1. The minimum absolute atomic E-state index is 0.129. The molecule has 0 aliphatic rings. The van der Waals surface area contributed by atoms with Crippen molar-refractivity contribution < 1.29 is 27.7 Å². The molecular weight excluding hydrogens is 323 g/mol. The van der Waals surface area contributed by atoms with Gasteiger partial charge in [0.15, 0.2) is 0 Å². The van der Waals surface area contributed by atoms with E-state index in [0.29, 0.717) is 11.0 Å². The van der Waals surface area contributed by atoms with Crippen LogP contribution >= 0.6 is 10.2 Å². The van der Waals surface area contributed by atoms with Gasteiger partial charge in [0.1, 0.15) is 4.90 Å². The van der Waals surface area contributed by atoms with Crippen LogP contribution in [0.1, 0.15) is 22.1 Å². The van der Waals surface area contributed by atoms with Crippen molar-refractivity contribution in [2.45, 2.75) is 30.8 Å². The van der Waals surface area contributed by atoms with E-state index in [4.69, 9.17) is 8.22 Å². The predicted molar refractivity (Wildman–Crippen MR) is 81.1 cm³/mol. The lowest BCUT2D eigenvalue weighted by atomic mass is 10.0. The van der Waals surface area contributed by atoms with Gasteiger partial charge in [-0.25, -0.2) is 0 Å². The first kappa shape index (κ1) is 10.5. The number of fused-ring (bicyclic) bond motifs is 1. The van der Waals surface area contributed by atoms with Crippen molar-refractivity contribution in [1.82, 2.24) is 9.47 Å². The molecule has 126 valence electrons. The Morgan fingerprint density at radius 3 is 2.32 bits per heavy atom. The molecule has 1 heterocycles. The Kier molecular flexibility index (Phi) is 1.99. The van der Waals surface area contributed by atoms with Crippen molar-refractivity contribution in [1.29, 1.82) is 0 Å². The Balaban J connectivity index is 2.50. The van der Waals surface area contributed by atoms with E-state index in [-0.39, 0.29) is 23.5 Å². The highest BCUT2D eigenvalue weighted by Gasteiger charge is 2.65. The van der Waals surface area contributed by atoms with Crippen molar-refractivity contribution in [2.75, 3.05) is 14.0 Å². The third-order valence-corrected chi connectivity index (χ3v) is 4.50. The Hall–Kier alpha value is -1.28. The van der Waals surface area contributed by atoms with Crippen LogP contribution in [-0.4, -0.2) is 29.0 Å². The van der Waals surface area contributed by atoms with Gasteiger partial charge in [-0.05, 0) is 52.1 Å². The highest BCUT2D eigenvalue weighted by Crippen LogP contribution is 3.02. The van der Waals surface area contributed by atoms with E-state index >= 15 is 0 Å². The fourth-order valence-electron chi connectivity index (χ4n) is 2.04. The molecule has 0 bridgehead atoms. The van der Waals surface area contributed by atoms with Crippen molar-refractivity contribution in [3.05, 3.63) is 30.5 Å². The molecule has 0 aliphatic carbocycles. The lowest BCUT2D eigenvalue weighted by Gasteiger charge is -2.40. The van der Waals surface area contributed by atoms with Gasteiger partial charge in [-0.3, -0.25) is 0 Å². The lowest BCUT2D eigenvalue weighted by Crippen LogP contribution is -2.41. The summed E-state index contributed by atoms with van der Waals surface area (Å²) >= 11 is 0. The zero-order valence-corrected chi connectivity index (χ0v) is 12.6. The maximum Gasteiger partial charge on any atom is 0.310 e. The molecule has 0 saturated heterocycles. The monoisotopic (exact) mass is 348 g/mol. The highest BCUT2D eigenvalue weighted by molar-refractivity contribution is 8.45. The van der Waals surface area contributed by atoms with E-state index in [1.54, 1.807) is 0 Å². The standard InChI is InChI=1S/C14H19F5N2S/c1-14(2,20(3)4)10-21-8-7-11-9-12(5-6-13(11)21)22(15,16,17,18)19/h5-9H,10H2,1-4H3/i3D3,4D3. The van der Waals surface area contributed by atoms with Crippen LogP contribution in [-0.2, 0) is 6.54 Å². The summed E-state index contributed by atoms with van der Waals surface area (Å²) in [5, 5.41) is -0.129. The van der Waals surface area contributed by atoms with E-state index in [1.807, 2.05) is 0 Å². The topological polar surface area (TPSA) is 8.17 Å². The molecule has 0 radical (unpaired) electrons. The smallest absolute Gasteiger partial charge is 0.310 e. The number of halogens is 5. The van der Waals surface area contributed by atoms with Crippen LogP contribution in [0.25, 0.3) is 10.9 Å². The molecule has 2 nitrogen and oxygen atoms in total. The molecule has 0 N–H and O–H groups in total. The fraction of sp³-hybridized carbons (Fsp3) is 0.429. The van der Waals surface area contributed by atoms with Gasteiger partial charge in [0.2, 0.25) is 0 Å². The summed E-state index contributed by atoms with van der Waals surface area (Å²) in [6.45, 7) is -3.43. The first-order valence-electron chi connectivity index (χ1n) is 9.16. The summed E-state index contributed by atoms with van der Waals surface area (Å²) < 4.78 is 111. The lowest BCUT2D eigenvalue weighted by molar-refractivity contribution is 0.171. The molecular formula is C14H19F5N2S. The molecule has 22 heavy (non-hydrogen) atoms. The SMILES string of the molecule is [2H]C([2H])([2H])N(C([2H])([2H])[2H])C(C)(C)Cn1ccc2cc(S(F)(F)(F)(F)F)ccc21. The molecule has 0 saturated carbocycles. The molecule has 0 spiro atoms. The quantitative estimate of drug-likeness (QED) is 0.649. The Bertz CT molecular complexity index is 888. The van der Waals surface area contributed by atoms with Gasteiger partial charge in [0.25, 0.3) is 0 Å². The predicted octanol–water partition coefficient (Wildman–Crippen LogP) is 5.64. The maximum atomic E-state index is 13.0. The molecule has 0 aliphatic heterocycles. The van der Waals surface area contributed by atoms with Crippen LogP contribution in [0.15, 0.2) is 35.4 Å². The zero-order chi connectivity index (χ0) is 22.0. The van der Waals surface area contributed by atoms with Gasteiger partial charge < -0.3 is 9.47 Å². The number of aromatic nitrogens is 1. The van der Waals surface area contributed by atoms with Gasteiger partial charge in [-0.15, -0.1) is 0 Å². The molecule has 1 aromatic carbocycles. The van der Waals surface area contributed by atoms with E-state index in [1.165, 1.54) is 30.7 Å². The second kappa shape index (κ2) is 4.17. The largest absolute Gasteiger partial charge is 0.346 e. The number of hydrogen-bond donors (Lipinski definition) is 0. The average Bonchev–Trinajstić information content (AvgIpc) is 2.73. The third kappa shape index (κ3) is 3.38. The number of benzene rings is 1. The fourth-order valence-corrected chi connectivity index (χ4v) is 2.72. The van der Waals surface area contributed by atoms with E-state index < -0.39 is 34.6 Å². The third-order valence-electron chi connectivity index (χ3n) is 3.35. The zero-order valence-electron chi connectivity index (χ0n) is 17.8. The number of rotatable bonds is 4. The number of hydrogen-bond acceptors (Lipinski definition) is 1. The first-order valence-corrected chi connectivity index (χ1v) is 8.11. The van der Waals surface area contributed by atoms with Crippen LogP contribution in [0, 0.1) is 0 Å². The molecule has 2 rings (SSSR count). The minimum atomic E-state index is -9.84. The normalized spacial score (nSPS) is 22.0.